The number of carbonyl (C=O) groups is 1. The molecule has 16 heavy (non-hydrogen) atoms. The maximum Gasteiger partial charge on any atom is 0.352 e. The lowest BCUT2D eigenvalue weighted by atomic mass is 10.4. The van der Waals surface area contributed by atoms with Crippen molar-refractivity contribution in [2.24, 2.45) is 0 Å². The minimum absolute atomic E-state index is 0.151. The maximum atomic E-state index is 11.0. The van der Waals surface area contributed by atoms with Gasteiger partial charge in [-0.15, -0.1) is 0 Å². The average Bonchev–Trinajstić information content (AvgIpc) is 2.61. The fourth-order valence-corrected chi connectivity index (χ4v) is 1.73. The lowest BCUT2D eigenvalue weighted by Crippen LogP contribution is -2.09. The standard InChI is InChI=1S/C11H9ClN2O2/c1-7-4-5-9(11(15)16)14(7)10-8(12)3-2-6-13-10/h2-6H,1H3,(H,15,16). The van der Waals surface area contributed by atoms with Crippen molar-refractivity contribution in [3.05, 3.63) is 46.9 Å². The van der Waals surface area contributed by atoms with E-state index in [0.29, 0.717) is 10.8 Å². The van der Waals surface area contributed by atoms with Crippen LogP contribution in [0, 0.1) is 6.92 Å². The van der Waals surface area contributed by atoms with Crippen molar-refractivity contribution in [2.75, 3.05) is 0 Å². The zero-order valence-electron chi connectivity index (χ0n) is 8.51. The molecule has 0 saturated heterocycles. The molecule has 0 saturated carbocycles. The molecular weight excluding hydrogens is 228 g/mol. The summed E-state index contributed by atoms with van der Waals surface area (Å²) < 4.78 is 1.52. The highest BCUT2D eigenvalue weighted by molar-refractivity contribution is 6.32. The molecule has 0 fully saturated rings. The smallest absolute Gasteiger partial charge is 0.352 e. The van der Waals surface area contributed by atoms with Crippen LogP contribution in [0.15, 0.2) is 30.5 Å². The summed E-state index contributed by atoms with van der Waals surface area (Å²) in [5.41, 5.74) is 0.927. The van der Waals surface area contributed by atoms with E-state index in [2.05, 4.69) is 4.98 Å². The van der Waals surface area contributed by atoms with Gasteiger partial charge in [0.05, 0.1) is 5.02 Å². The number of aromatic nitrogens is 2. The Morgan fingerprint density at radius 1 is 1.44 bits per heavy atom. The molecule has 0 aliphatic heterocycles. The number of aromatic carboxylic acids is 1. The molecule has 0 radical (unpaired) electrons. The normalized spacial score (nSPS) is 10.4. The number of pyridine rings is 1. The number of halogens is 1. The van der Waals surface area contributed by atoms with E-state index in [4.69, 9.17) is 16.7 Å². The van der Waals surface area contributed by atoms with E-state index >= 15 is 0 Å². The molecule has 1 N–H and O–H groups in total. The molecule has 0 unspecified atom stereocenters. The van der Waals surface area contributed by atoms with Gasteiger partial charge in [0.1, 0.15) is 5.69 Å². The summed E-state index contributed by atoms with van der Waals surface area (Å²) >= 11 is 5.99. The first-order valence-corrected chi connectivity index (χ1v) is 5.01. The Balaban J connectivity index is 2.68. The van der Waals surface area contributed by atoms with Crippen LogP contribution in [-0.4, -0.2) is 20.6 Å². The number of nitrogens with zero attached hydrogens (tertiary/aromatic N) is 2. The molecule has 0 atom stereocenters. The minimum atomic E-state index is -1.00. The minimum Gasteiger partial charge on any atom is -0.477 e. The Morgan fingerprint density at radius 3 is 2.81 bits per heavy atom. The third-order valence-electron chi connectivity index (χ3n) is 2.25. The summed E-state index contributed by atoms with van der Waals surface area (Å²) in [6.45, 7) is 1.80. The molecule has 5 heteroatoms. The molecule has 0 aliphatic rings. The maximum absolute atomic E-state index is 11.0. The van der Waals surface area contributed by atoms with Gasteiger partial charge < -0.3 is 5.11 Å². The Hall–Kier alpha value is -1.81. The zero-order chi connectivity index (χ0) is 11.7. The summed E-state index contributed by atoms with van der Waals surface area (Å²) in [6, 6.07) is 6.62. The Bertz CT molecular complexity index is 549. The molecule has 2 rings (SSSR count). The van der Waals surface area contributed by atoms with Crippen LogP contribution in [0.3, 0.4) is 0 Å². The summed E-state index contributed by atoms with van der Waals surface area (Å²) in [5.74, 6) is -0.570. The quantitative estimate of drug-likeness (QED) is 0.872. The van der Waals surface area contributed by atoms with Crippen molar-refractivity contribution in [1.82, 2.24) is 9.55 Å². The molecule has 0 aliphatic carbocycles. The summed E-state index contributed by atoms with van der Waals surface area (Å²) in [4.78, 5) is 15.1. The lowest BCUT2D eigenvalue weighted by Gasteiger charge is -2.09. The van der Waals surface area contributed by atoms with E-state index in [0.717, 1.165) is 5.69 Å². The highest BCUT2D eigenvalue weighted by Crippen LogP contribution is 2.21. The van der Waals surface area contributed by atoms with Crippen molar-refractivity contribution >= 4 is 17.6 Å². The summed E-state index contributed by atoms with van der Waals surface area (Å²) in [6.07, 6.45) is 1.58. The third-order valence-corrected chi connectivity index (χ3v) is 2.54. The fraction of sp³-hybridized carbons (Fsp3) is 0.0909. The molecule has 0 spiro atoms. The second-order valence-electron chi connectivity index (χ2n) is 3.31. The molecular formula is C11H9ClN2O2. The van der Waals surface area contributed by atoms with E-state index in [1.165, 1.54) is 10.6 Å². The average molecular weight is 237 g/mol. The van der Waals surface area contributed by atoms with Gasteiger partial charge in [0.15, 0.2) is 5.82 Å². The van der Waals surface area contributed by atoms with Gasteiger partial charge in [0, 0.05) is 11.9 Å². The third kappa shape index (κ3) is 1.67. The number of carboxylic acids is 1. The fourth-order valence-electron chi connectivity index (χ4n) is 1.53. The van der Waals surface area contributed by atoms with Crippen LogP contribution >= 0.6 is 11.6 Å². The van der Waals surface area contributed by atoms with Gasteiger partial charge >= 0.3 is 5.97 Å². The lowest BCUT2D eigenvalue weighted by molar-refractivity contribution is 0.0688. The molecule has 2 aromatic rings. The van der Waals surface area contributed by atoms with Gasteiger partial charge in [0.25, 0.3) is 0 Å². The van der Waals surface area contributed by atoms with Crippen LogP contribution in [0.2, 0.25) is 5.02 Å². The molecule has 0 bridgehead atoms. The van der Waals surface area contributed by atoms with Gasteiger partial charge in [-0.1, -0.05) is 11.6 Å². The number of aryl methyl sites for hydroxylation is 1. The molecule has 4 nitrogen and oxygen atoms in total. The van der Waals surface area contributed by atoms with E-state index in [-0.39, 0.29) is 5.69 Å². The molecule has 0 aromatic carbocycles. The first kappa shape index (κ1) is 10.7. The molecule has 2 heterocycles. The highest BCUT2D eigenvalue weighted by atomic mass is 35.5. The van der Waals surface area contributed by atoms with E-state index < -0.39 is 5.97 Å². The molecule has 82 valence electrons. The van der Waals surface area contributed by atoms with Crippen molar-refractivity contribution in [2.45, 2.75) is 6.92 Å². The Kier molecular flexibility index (Phi) is 2.66. The Labute approximate surface area is 97.1 Å². The van der Waals surface area contributed by atoms with Gasteiger partial charge in [-0.3, -0.25) is 4.57 Å². The van der Waals surface area contributed by atoms with Crippen molar-refractivity contribution in [1.29, 1.82) is 0 Å². The van der Waals surface area contributed by atoms with Crippen LogP contribution in [-0.2, 0) is 0 Å². The predicted octanol–water partition coefficient (Wildman–Crippen LogP) is 2.53. The monoisotopic (exact) mass is 236 g/mol. The predicted molar refractivity (Wildman–Crippen MR) is 60.3 cm³/mol. The number of carboxylic acid groups (broad SMARTS) is 1. The second-order valence-corrected chi connectivity index (χ2v) is 3.72. The van der Waals surface area contributed by atoms with Crippen molar-refractivity contribution in [3.63, 3.8) is 0 Å². The first-order chi connectivity index (χ1) is 7.61. The number of rotatable bonds is 2. The van der Waals surface area contributed by atoms with Gasteiger partial charge in [-0.05, 0) is 31.2 Å². The van der Waals surface area contributed by atoms with Crippen LogP contribution in [0.1, 0.15) is 16.2 Å². The van der Waals surface area contributed by atoms with Gasteiger partial charge in [-0.2, -0.15) is 0 Å². The van der Waals surface area contributed by atoms with Crippen LogP contribution < -0.4 is 0 Å². The first-order valence-electron chi connectivity index (χ1n) is 4.64. The van der Waals surface area contributed by atoms with E-state index in [1.807, 2.05) is 0 Å². The highest BCUT2D eigenvalue weighted by Gasteiger charge is 2.15. The van der Waals surface area contributed by atoms with Crippen molar-refractivity contribution < 1.29 is 9.90 Å². The summed E-state index contributed by atoms with van der Waals surface area (Å²) in [5, 5.41) is 9.46. The van der Waals surface area contributed by atoms with Crippen LogP contribution in [0.25, 0.3) is 5.82 Å². The SMILES string of the molecule is Cc1ccc(C(=O)O)n1-c1ncccc1Cl. The Morgan fingerprint density at radius 2 is 2.19 bits per heavy atom. The number of hydrogen-bond acceptors (Lipinski definition) is 2. The van der Waals surface area contributed by atoms with E-state index in [9.17, 15) is 4.79 Å². The molecule has 2 aromatic heterocycles. The number of hydrogen-bond donors (Lipinski definition) is 1. The summed E-state index contributed by atoms with van der Waals surface area (Å²) in [7, 11) is 0. The van der Waals surface area contributed by atoms with E-state index in [1.54, 1.807) is 31.3 Å². The van der Waals surface area contributed by atoms with Crippen LogP contribution in [0.5, 0.6) is 0 Å². The molecule has 0 amide bonds. The topological polar surface area (TPSA) is 55.1 Å². The zero-order valence-corrected chi connectivity index (χ0v) is 9.27. The van der Waals surface area contributed by atoms with Crippen LogP contribution in [0.4, 0.5) is 0 Å². The second kappa shape index (κ2) is 3.98. The van der Waals surface area contributed by atoms with Crippen molar-refractivity contribution in [3.8, 4) is 5.82 Å². The van der Waals surface area contributed by atoms with Gasteiger partial charge in [-0.25, -0.2) is 9.78 Å². The largest absolute Gasteiger partial charge is 0.477 e. The van der Waals surface area contributed by atoms with Gasteiger partial charge in [0.2, 0.25) is 0 Å².